The summed E-state index contributed by atoms with van der Waals surface area (Å²) >= 11 is 6.89. The van der Waals surface area contributed by atoms with Gasteiger partial charge in [-0.1, -0.05) is 68.2 Å². The van der Waals surface area contributed by atoms with Gasteiger partial charge in [0.05, 0.1) is 5.25 Å². The molecule has 1 aliphatic carbocycles. The molecule has 1 heterocycles. The van der Waals surface area contributed by atoms with Crippen molar-refractivity contribution in [2.24, 2.45) is 5.92 Å². The quantitative estimate of drug-likeness (QED) is 0.725. The number of rotatable bonds is 5. The van der Waals surface area contributed by atoms with Crippen LogP contribution < -0.4 is 0 Å². The van der Waals surface area contributed by atoms with E-state index in [1.165, 1.54) is 56.0 Å². The molecule has 1 atom stereocenters. The number of nitrogens with zero attached hydrogens (tertiary/aromatic N) is 1. The zero-order valence-electron chi connectivity index (χ0n) is 13.2. The number of hydrogen-bond donors (Lipinski definition) is 0. The summed E-state index contributed by atoms with van der Waals surface area (Å²) in [4.78, 5) is 14.4. The average Bonchev–Trinajstić information content (AvgIpc) is 2.82. The standard InChI is InChI=1S/C18H22FNOS2/c19-15-8-6-14(7-9-15)12-16-17(21)20(18(22)23-16)11-10-13-4-2-1-3-5-13/h6-9,13,16H,1-5,10-12H2/t16-/m1/s1. The van der Waals surface area contributed by atoms with Crippen molar-refractivity contribution in [3.05, 3.63) is 35.6 Å². The van der Waals surface area contributed by atoms with Crippen LogP contribution in [0.5, 0.6) is 0 Å². The van der Waals surface area contributed by atoms with E-state index < -0.39 is 0 Å². The minimum atomic E-state index is -0.246. The molecule has 2 nitrogen and oxygen atoms in total. The Bertz CT molecular complexity index is 569. The molecular weight excluding hydrogens is 329 g/mol. The van der Waals surface area contributed by atoms with Crippen LogP contribution in [0.4, 0.5) is 4.39 Å². The Morgan fingerprint density at radius 3 is 2.57 bits per heavy atom. The largest absolute Gasteiger partial charge is 0.297 e. The first-order valence-corrected chi connectivity index (χ1v) is 9.68. The molecule has 1 aromatic rings. The highest BCUT2D eigenvalue weighted by Gasteiger charge is 2.36. The van der Waals surface area contributed by atoms with Gasteiger partial charge in [0, 0.05) is 6.54 Å². The third-order valence-corrected chi connectivity index (χ3v) is 6.41. The number of carbonyl (C=O) groups is 1. The van der Waals surface area contributed by atoms with Gasteiger partial charge in [0.2, 0.25) is 5.91 Å². The molecule has 1 saturated heterocycles. The number of thiocarbonyl (C=S) groups is 1. The summed E-state index contributed by atoms with van der Waals surface area (Å²) in [6, 6.07) is 6.38. The van der Waals surface area contributed by atoms with E-state index in [0.717, 1.165) is 24.4 Å². The van der Waals surface area contributed by atoms with Gasteiger partial charge < -0.3 is 0 Å². The third kappa shape index (κ3) is 4.32. The Morgan fingerprint density at radius 1 is 1.17 bits per heavy atom. The molecule has 1 aromatic carbocycles. The SMILES string of the molecule is O=C1[C@@H](Cc2ccc(F)cc2)SC(=S)N1CCC1CCCCC1. The lowest BCUT2D eigenvalue weighted by Crippen LogP contribution is -2.34. The summed E-state index contributed by atoms with van der Waals surface area (Å²) in [6.45, 7) is 0.759. The zero-order valence-corrected chi connectivity index (χ0v) is 14.8. The summed E-state index contributed by atoms with van der Waals surface area (Å²) in [5.74, 6) is 0.629. The third-order valence-electron chi connectivity index (χ3n) is 4.82. The number of benzene rings is 1. The monoisotopic (exact) mass is 351 g/mol. The van der Waals surface area contributed by atoms with E-state index in [0.29, 0.717) is 10.7 Å². The van der Waals surface area contributed by atoms with Gasteiger partial charge in [-0.15, -0.1) is 0 Å². The van der Waals surface area contributed by atoms with Gasteiger partial charge >= 0.3 is 0 Å². The highest BCUT2D eigenvalue weighted by Crippen LogP contribution is 2.32. The van der Waals surface area contributed by atoms with Gasteiger partial charge in [-0.2, -0.15) is 0 Å². The van der Waals surface area contributed by atoms with E-state index in [4.69, 9.17) is 12.2 Å². The second-order valence-electron chi connectivity index (χ2n) is 6.49. The van der Waals surface area contributed by atoms with E-state index in [9.17, 15) is 9.18 Å². The van der Waals surface area contributed by atoms with Crippen LogP contribution in [0.1, 0.15) is 44.1 Å². The Morgan fingerprint density at radius 2 is 1.87 bits per heavy atom. The topological polar surface area (TPSA) is 20.3 Å². The van der Waals surface area contributed by atoms with E-state index in [1.807, 2.05) is 0 Å². The fourth-order valence-electron chi connectivity index (χ4n) is 3.45. The lowest BCUT2D eigenvalue weighted by molar-refractivity contribution is -0.126. The first-order valence-electron chi connectivity index (χ1n) is 8.40. The van der Waals surface area contributed by atoms with Gasteiger partial charge in [0.1, 0.15) is 10.1 Å². The van der Waals surface area contributed by atoms with Crippen LogP contribution in [-0.4, -0.2) is 26.9 Å². The molecule has 1 aliphatic heterocycles. The maximum Gasteiger partial charge on any atom is 0.241 e. The van der Waals surface area contributed by atoms with Crippen molar-refractivity contribution in [2.75, 3.05) is 6.54 Å². The lowest BCUT2D eigenvalue weighted by atomic mass is 9.87. The van der Waals surface area contributed by atoms with Gasteiger partial charge in [-0.05, 0) is 36.5 Å². The molecule has 23 heavy (non-hydrogen) atoms. The number of carbonyl (C=O) groups excluding carboxylic acids is 1. The van der Waals surface area contributed by atoms with E-state index in [2.05, 4.69) is 0 Å². The van der Waals surface area contributed by atoms with E-state index in [1.54, 1.807) is 17.0 Å². The normalized spacial score (nSPS) is 22.8. The van der Waals surface area contributed by atoms with Crippen LogP contribution >= 0.6 is 24.0 Å². The Hall–Kier alpha value is -0.940. The van der Waals surface area contributed by atoms with Crippen molar-refractivity contribution < 1.29 is 9.18 Å². The molecule has 0 radical (unpaired) electrons. The molecule has 5 heteroatoms. The predicted molar refractivity (Wildman–Crippen MR) is 97.0 cm³/mol. The number of amides is 1. The smallest absolute Gasteiger partial charge is 0.241 e. The van der Waals surface area contributed by atoms with Crippen molar-refractivity contribution in [2.45, 2.75) is 50.2 Å². The van der Waals surface area contributed by atoms with Gasteiger partial charge in [0.15, 0.2) is 0 Å². The molecule has 0 N–H and O–H groups in total. The zero-order chi connectivity index (χ0) is 16.2. The second-order valence-corrected chi connectivity index (χ2v) is 8.32. The lowest BCUT2D eigenvalue weighted by Gasteiger charge is -2.24. The van der Waals surface area contributed by atoms with Crippen molar-refractivity contribution in [1.82, 2.24) is 4.90 Å². The van der Waals surface area contributed by atoms with Crippen molar-refractivity contribution >= 4 is 34.2 Å². The van der Waals surface area contributed by atoms with Crippen LogP contribution in [0.15, 0.2) is 24.3 Å². The molecule has 2 aliphatic rings. The minimum Gasteiger partial charge on any atom is -0.297 e. The highest BCUT2D eigenvalue weighted by molar-refractivity contribution is 8.24. The second kappa shape index (κ2) is 7.75. The van der Waals surface area contributed by atoms with Gasteiger partial charge in [0.25, 0.3) is 0 Å². The fourth-order valence-corrected chi connectivity index (χ4v) is 5.04. The maximum absolute atomic E-state index is 13.0. The van der Waals surface area contributed by atoms with Crippen LogP contribution in [-0.2, 0) is 11.2 Å². The Balaban J connectivity index is 1.55. The average molecular weight is 352 g/mol. The molecule has 3 rings (SSSR count). The Kier molecular flexibility index (Phi) is 5.70. The molecule has 0 aromatic heterocycles. The van der Waals surface area contributed by atoms with Crippen molar-refractivity contribution in [3.8, 4) is 0 Å². The molecule has 0 unspecified atom stereocenters. The van der Waals surface area contributed by atoms with Crippen molar-refractivity contribution in [1.29, 1.82) is 0 Å². The van der Waals surface area contributed by atoms with E-state index in [-0.39, 0.29) is 17.0 Å². The number of hydrogen-bond acceptors (Lipinski definition) is 3. The van der Waals surface area contributed by atoms with E-state index >= 15 is 0 Å². The summed E-state index contributed by atoms with van der Waals surface area (Å²) in [5.41, 5.74) is 0.981. The molecule has 0 spiro atoms. The van der Waals surface area contributed by atoms with Crippen LogP contribution in [0.25, 0.3) is 0 Å². The molecule has 2 fully saturated rings. The maximum atomic E-state index is 13.0. The number of thioether (sulfide) groups is 1. The molecule has 1 saturated carbocycles. The van der Waals surface area contributed by atoms with Crippen LogP contribution in [0, 0.1) is 11.7 Å². The minimum absolute atomic E-state index is 0.125. The molecule has 124 valence electrons. The van der Waals surface area contributed by atoms with Crippen LogP contribution in [0.2, 0.25) is 0 Å². The summed E-state index contributed by atoms with van der Waals surface area (Å²) < 4.78 is 13.7. The Labute approximate surface area is 146 Å². The predicted octanol–water partition coefficient (Wildman–Crippen LogP) is 4.57. The number of halogens is 1. The van der Waals surface area contributed by atoms with Gasteiger partial charge in [-0.25, -0.2) is 4.39 Å². The first-order chi connectivity index (χ1) is 11.1. The first kappa shape index (κ1) is 16.9. The molecule has 0 bridgehead atoms. The van der Waals surface area contributed by atoms with Gasteiger partial charge in [-0.3, -0.25) is 9.69 Å². The van der Waals surface area contributed by atoms with Crippen LogP contribution in [0.3, 0.4) is 0 Å². The van der Waals surface area contributed by atoms with Crippen molar-refractivity contribution in [3.63, 3.8) is 0 Å². The fraction of sp³-hybridized carbons (Fsp3) is 0.556. The molecular formula is C18H22FNOS2. The summed E-state index contributed by atoms with van der Waals surface area (Å²) in [6.07, 6.45) is 8.27. The molecule has 1 amide bonds. The summed E-state index contributed by atoms with van der Waals surface area (Å²) in [7, 11) is 0. The summed E-state index contributed by atoms with van der Waals surface area (Å²) in [5, 5.41) is -0.153. The highest BCUT2D eigenvalue weighted by atomic mass is 32.2.